The molecule has 4 rings (SSSR count). The zero-order chi connectivity index (χ0) is 19.5. The van der Waals surface area contributed by atoms with Crippen molar-refractivity contribution < 1.29 is 14.7 Å². The summed E-state index contributed by atoms with van der Waals surface area (Å²) >= 11 is 0. The lowest BCUT2D eigenvalue weighted by Gasteiger charge is -2.17. The van der Waals surface area contributed by atoms with Crippen LogP contribution in [0.15, 0.2) is 60.9 Å². The molecule has 2 atom stereocenters. The number of rotatable bonds is 5. The molecule has 1 saturated heterocycles. The van der Waals surface area contributed by atoms with Crippen LogP contribution in [0.5, 0.6) is 0 Å². The maximum absolute atomic E-state index is 12.8. The van der Waals surface area contributed by atoms with Gasteiger partial charge in [-0.3, -0.25) is 9.59 Å². The smallest absolute Gasteiger partial charge is 0.308 e. The molecule has 142 valence electrons. The number of carbonyl (C=O) groups is 2. The summed E-state index contributed by atoms with van der Waals surface area (Å²) in [4.78, 5) is 26.1. The highest BCUT2D eigenvalue weighted by Crippen LogP contribution is 2.33. The fourth-order valence-corrected chi connectivity index (χ4v) is 3.63. The van der Waals surface area contributed by atoms with E-state index in [0.717, 1.165) is 16.8 Å². The van der Waals surface area contributed by atoms with Gasteiger partial charge in [0.05, 0.1) is 18.0 Å². The SMILES string of the molecule is O=C(O)C1CN(C(=O)Cc2ccc(-n3cnnn3)cc2)CC1c1ccccc1. The first kappa shape index (κ1) is 17.8. The molecule has 0 saturated carbocycles. The van der Waals surface area contributed by atoms with E-state index in [-0.39, 0.29) is 24.8 Å². The summed E-state index contributed by atoms with van der Waals surface area (Å²) < 4.78 is 1.54. The molecule has 1 amide bonds. The Kier molecular flexibility index (Phi) is 4.84. The summed E-state index contributed by atoms with van der Waals surface area (Å²) in [6.45, 7) is 0.652. The monoisotopic (exact) mass is 377 g/mol. The summed E-state index contributed by atoms with van der Waals surface area (Å²) in [6, 6.07) is 16.9. The fourth-order valence-electron chi connectivity index (χ4n) is 3.63. The number of carbonyl (C=O) groups excluding carboxylic acids is 1. The molecule has 1 aromatic heterocycles. The van der Waals surface area contributed by atoms with Gasteiger partial charge < -0.3 is 10.0 Å². The number of likely N-dealkylation sites (tertiary alicyclic amines) is 1. The van der Waals surface area contributed by atoms with Gasteiger partial charge in [0.1, 0.15) is 6.33 Å². The third kappa shape index (κ3) is 3.62. The van der Waals surface area contributed by atoms with Gasteiger partial charge in [0.25, 0.3) is 0 Å². The first-order valence-corrected chi connectivity index (χ1v) is 8.99. The third-order valence-corrected chi connectivity index (χ3v) is 5.12. The highest BCUT2D eigenvalue weighted by Gasteiger charge is 2.40. The Labute approximate surface area is 161 Å². The second-order valence-corrected chi connectivity index (χ2v) is 6.86. The molecule has 0 radical (unpaired) electrons. The van der Waals surface area contributed by atoms with E-state index < -0.39 is 11.9 Å². The summed E-state index contributed by atoms with van der Waals surface area (Å²) in [7, 11) is 0. The zero-order valence-electron chi connectivity index (χ0n) is 15.0. The minimum Gasteiger partial charge on any atom is -0.481 e. The number of carboxylic acids is 1. The highest BCUT2D eigenvalue weighted by atomic mass is 16.4. The molecule has 2 unspecified atom stereocenters. The quantitative estimate of drug-likeness (QED) is 0.724. The van der Waals surface area contributed by atoms with Crippen molar-refractivity contribution in [1.82, 2.24) is 25.1 Å². The van der Waals surface area contributed by atoms with Crippen molar-refractivity contribution in [2.75, 3.05) is 13.1 Å². The van der Waals surface area contributed by atoms with Crippen LogP contribution in [0.1, 0.15) is 17.0 Å². The third-order valence-electron chi connectivity index (χ3n) is 5.12. The second kappa shape index (κ2) is 7.59. The normalized spacial score (nSPS) is 18.9. The van der Waals surface area contributed by atoms with Crippen LogP contribution in [-0.4, -0.2) is 55.2 Å². The summed E-state index contributed by atoms with van der Waals surface area (Å²) in [5.74, 6) is -1.71. The number of hydrogen-bond acceptors (Lipinski definition) is 5. The van der Waals surface area contributed by atoms with Gasteiger partial charge in [0.2, 0.25) is 5.91 Å². The molecule has 1 N–H and O–H groups in total. The van der Waals surface area contributed by atoms with Gasteiger partial charge in [0, 0.05) is 19.0 Å². The average Bonchev–Trinajstić information content (AvgIpc) is 3.39. The maximum atomic E-state index is 12.8. The molecular formula is C20H19N5O3. The number of hydrogen-bond donors (Lipinski definition) is 1. The van der Waals surface area contributed by atoms with E-state index >= 15 is 0 Å². The van der Waals surface area contributed by atoms with Gasteiger partial charge in [-0.25, -0.2) is 4.68 Å². The summed E-state index contributed by atoms with van der Waals surface area (Å²) in [5, 5.41) is 20.6. The van der Waals surface area contributed by atoms with Crippen LogP contribution >= 0.6 is 0 Å². The number of aliphatic carboxylic acids is 1. The van der Waals surface area contributed by atoms with Crippen LogP contribution in [0.25, 0.3) is 5.69 Å². The molecule has 0 spiro atoms. The van der Waals surface area contributed by atoms with Crippen molar-refractivity contribution in [1.29, 1.82) is 0 Å². The first-order valence-electron chi connectivity index (χ1n) is 8.99. The molecule has 8 heteroatoms. The van der Waals surface area contributed by atoms with E-state index in [2.05, 4.69) is 15.5 Å². The molecule has 0 bridgehead atoms. The maximum Gasteiger partial charge on any atom is 0.308 e. The highest BCUT2D eigenvalue weighted by molar-refractivity contribution is 5.81. The average molecular weight is 377 g/mol. The number of benzene rings is 2. The minimum absolute atomic E-state index is 0.0696. The number of carboxylic acid groups (broad SMARTS) is 1. The number of amides is 1. The van der Waals surface area contributed by atoms with Crippen molar-refractivity contribution >= 4 is 11.9 Å². The van der Waals surface area contributed by atoms with Crippen LogP contribution in [0.4, 0.5) is 0 Å². The largest absolute Gasteiger partial charge is 0.481 e. The molecule has 1 aliphatic heterocycles. The van der Waals surface area contributed by atoms with E-state index in [1.54, 1.807) is 4.90 Å². The molecule has 28 heavy (non-hydrogen) atoms. The van der Waals surface area contributed by atoms with Crippen molar-refractivity contribution in [3.05, 3.63) is 72.1 Å². The minimum atomic E-state index is -0.866. The van der Waals surface area contributed by atoms with Crippen LogP contribution in [-0.2, 0) is 16.0 Å². The van der Waals surface area contributed by atoms with Gasteiger partial charge in [-0.2, -0.15) is 0 Å². The van der Waals surface area contributed by atoms with Crippen LogP contribution in [0, 0.1) is 5.92 Å². The molecule has 1 aliphatic rings. The van der Waals surface area contributed by atoms with Gasteiger partial charge >= 0.3 is 5.97 Å². The molecular weight excluding hydrogens is 358 g/mol. The van der Waals surface area contributed by atoms with Crippen LogP contribution in [0.2, 0.25) is 0 Å². The van der Waals surface area contributed by atoms with E-state index in [1.165, 1.54) is 11.0 Å². The Hall–Kier alpha value is -3.55. The topological polar surface area (TPSA) is 101 Å². The Morgan fingerprint density at radius 3 is 2.43 bits per heavy atom. The van der Waals surface area contributed by atoms with E-state index in [4.69, 9.17) is 0 Å². The first-order chi connectivity index (χ1) is 13.6. The van der Waals surface area contributed by atoms with Crippen LogP contribution < -0.4 is 0 Å². The van der Waals surface area contributed by atoms with Gasteiger partial charge in [0.15, 0.2) is 0 Å². The predicted octanol–water partition coefficient (Wildman–Crippen LogP) is 1.53. The molecule has 1 fully saturated rings. The van der Waals surface area contributed by atoms with Gasteiger partial charge in [-0.1, -0.05) is 42.5 Å². The molecule has 8 nitrogen and oxygen atoms in total. The lowest BCUT2D eigenvalue weighted by molar-refractivity contribution is -0.141. The molecule has 2 aromatic carbocycles. The van der Waals surface area contributed by atoms with Crippen molar-refractivity contribution in [3.63, 3.8) is 0 Å². The second-order valence-electron chi connectivity index (χ2n) is 6.86. The van der Waals surface area contributed by atoms with Crippen molar-refractivity contribution in [2.45, 2.75) is 12.3 Å². The number of aromatic nitrogens is 4. The van der Waals surface area contributed by atoms with E-state index in [0.29, 0.717) is 6.54 Å². The van der Waals surface area contributed by atoms with E-state index in [1.807, 2.05) is 54.6 Å². The standard InChI is InChI=1S/C20H19N5O3/c26-19(10-14-6-8-16(9-7-14)25-13-21-22-23-25)24-11-17(18(12-24)20(27)28)15-4-2-1-3-5-15/h1-9,13,17-18H,10-12H2,(H,27,28). The van der Waals surface area contributed by atoms with Gasteiger partial charge in [-0.05, 0) is 33.7 Å². The van der Waals surface area contributed by atoms with E-state index in [9.17, 15) is 14.7 Å². The Bertz CT molecular complexity index is 957. The Morgan fingerprint density at radius 2 is 1.79 bits per heavy atom. The lowest BCUT2D eigenvalue weighted by Crippen LogP contribution is -2.31. The molecule has 0 aliphatic carbocycles. The van der Waals surface area contributed by atoms with Crippen molar-refractivity contribution in [2.24, 2.45) is 5.92 Å². The summed E-state index contributed by atoms with van der Waals surface area (Å²) in [5.41, 5.74) is 2.62. The van der Waals surface area contributed by atoms with Crippen molar-refractivity contribution in [3.8, 4) is 5.69 Å². The van der Waals surface area contributed by atoms with Crippen LogP contribution in [0.3, 0.4) is 0 Å². The predicted molar refractivity (Wildman–Crippen MR) is 99.7 cm³/mol. The Balaban J connectivity index is 1.45. The number of nitrogens with zero attached hydrogens (tertiary/aromatic N) is 5. The fraction of sp³-hybridized carbons (Fsp3) is 0.250. The Morgan fingerprint density at radius 1 is 1.04 bits per heavy atom. The summed E-state index contributed by atoms with van der Waals surface area (Å²) in [6.07, 6.45) is 1.73. The lowest BCUT2D eigenvalue weighted by atomic mass is 9.89. The molecule has 2 heterocycles. The van der Waals surface area contributed by atoms with Gasteiger partial charge in [-0.15, -0.1) is 5.10 Å². The number of tetrazole rings is 1. The zero-order valence-corrected chi connectivity index (χ0v) is 15.0. The molecule has 3 aromatic rings.